The van der Waals surface area contributed by atoms with Gasteiger partial charge in [-0.05, 0) is 40.1 Å². The predicted molar refractivity (Wildman–Crippen MR) is 85.7 cm³/mol. The molecule has 3 aromatic rings. The Balaban J connectivity index is 1.87. The minimum atomic E-state index is -3.88. The zero-order valence-corrected chi connectivity index (χ0v) is 13.7. The first-order chi connectivity index (χ1) is 11.0. The third-order valence-corrected chi connectivity index (χ3v) is 5.26. The molecule has 120 valence electrons. The van der Waals surface area contributed by atoms with E-state index >= 15 is 0 Å². The van der Waals surface area contributed by atoms with Crippen molar-refractivity contribution in [2.24, 2.45) is 5.14 Å². The topological polar surface area (TPSA) is 108 Å². The van der Waals surface area contributed by atoms with Crippen LogP contribution in [0, 0.1) is 0 Å². The highest BCUT2D eigenvalue weighted by Crippen LogP contribution is 2.31. The van der Waals surface area contributed by atoms with E-state index in [0.29, 0.717) is 11.3 Å². The maximum absolute atomic E-state index is 11.5. The number of hydrogen-bond donors (Lipinski definition) is 1. The van der Waals surface area contributed by atoms with E-state index in [0.717, 1.165) is 16.2 Å². The van der Waals surface area contributed by atoms with Crippen molar-refractivity contribution in [3.63, 3.8) is 0 Å². The highest BCUT2D eigenvalue weighted by molar-refractivity contribution is 7.98. The lowest BCUT2D eigenvalue weighted by Gasteiger charge is -2.05. The summed E-state index contributed by atoms with van der Waals surface area (Å²) < 4.78 is 32.9. The highest BCUT2D eigenvalue weighted by Gasteiger charge is 2.19. The number of sulfonamides is 1. The summed E-state index contributed by atoms with van der Waals surface area (Å²) in [6, 6.07) is 10.8. The maximum atomic E-state index is 11.5. The standard InChI is InChI=1S/C14H13N3O4S2/c1-20-10-4-2-9(3-5-10)8-22-11-6-7-12(23(15,18)19)14-13(11)16-21-17-14/h2-7H,8H2,1H3,(H2,15,18,19). The molecular weight excluding hydrogens is 338 g/mol. The molecule has 0 saturated heterocycles. The fourth-order valence-corrected chi connectivity index (χ4v) is 3.66. The Kier molecular flexibility index (Phi) is 4.24. The fraction of sp³-hybridized carbons (Fsp3) is 0.143. The third kappa shape index (κ3) is 3.31. The van der Waals surface area contributed by atoms with Gasteiger partial charge in [0.05, 0.1) is 7.11 Å². The van der Waals surface area contributed by atoms with Crippen LogP contribution in [0.25, 0.3) is 11.0 Å². The molecule has 0 unspecified atom stereocenters. The number of rotatable bonds is 5. The number of primary sulfonamides is 1. The predicted octanol–water partition coefficient (Wildman–Crippen LogP) is 2.17. The van der Waals surface area contributed by atoms with E-state index in [1.54, 1.807) is 13.2 Å². The average molecular weight is 351 g/mol. The van der Waals surface area contributed by atoms with E-state index in [-0.39, 0.29) is 10.4 Å². The first kappa shape index (κ1) is 15.8. The number of ether oxygens (including phenoxy) is 1. The van der Waals surface area contributed by atoms with E-state index < -0.39 is 10.0 Å². The molecule has 0 spiro atoms. The second-order valence-corrected chi connectivity index (χ2v) is 7.25. The second kappa shape index (κ2) is 6.19. The van der Waals surface area contributed by atoms with Crippen LogP contribution in [0.1, 0.15) is 5.56 Å². The molecule has 2 N–H and O–H groups in total. The van der Waals surface area contributed by atoms with Crippen molar-refractivity contribution in [2.45, 2.75) is 15.5 Å². The molecule has 1 aromatic heterocycles. The Morgan fingerprint density at radius 1 is 1.13 bits per heavy atom. The van der Waals surface area contributed by atoms with Crippen molar-refractivity contribution >= 4 is 32.8 Å². The fourth-order valence-electron chi connectivity index (χ4n) is 2.05. The minimum Gasteiger partial charge on any atom is -0.497 e. The second-order valence-electron chi connectivity index (χ2n) is 4.71. The molecule has 0 aliphatic carbocycles. The Hall–Kier alpha value is -2.10. The zero-order chi connectivity index (χ0) is 16.4. The van der Waals surface area contributed by atoms with Gasteiger partial charge in [0.15, 0.2) is 5.52 Å². The van der Waals surface area contributed by atoms with Gasteiger partial charge in [-0.15, -0.1) is 11.8 Å². The van der Waals surface area contributed by atoms with Crippen LogP contribution in [0.15, 0.2) is 50.8 Å². The van der Waals surface area contributed by atoms with Crippen LogP contribution in [-0.4, -0.2) is 25.8 Å². The maximum Gasteiger partial charge on any atom is 0.240 e. The van der Waals surface area contributed by atoms with Crippen LogP contribution in [0.3, 0.4) is 0 Å². The molecule has 0 saturated carbocycles. The molecule has 23 heavy (non-hydrogen) atoms. The lowest BCUT2D eigenvalue weighted by atomic mass is 10.2. The highest BCUT2D eigenvalue weighted by atomic mass is 32.2. The van der Waals surface area contributed by atoms with Gasteiger partial charge in [-0.3, -0.25) is 0 Å². The lowest BCUT2D eigenvalue weighted by molar-refractivity contribution is 0.314. The number of thioether (sulfide) groups is 1. The molecular formula is C14H13N3O4S2. The van der Waals surface area contributed by atoms with Crippen LogP contribution in [0.4, 0.5) is 0 Å². The van der Waals surface area contributed by atoms with Crippen LogP contribution < -0.4 is 9.88 Å². The quantitative estimate of drug-likeness (QED) is 0.702. The van der Waals surface area contributed by atoms with E-state index in [2.05, 4.69) is 14.9 Å². The van der Waals surface area contributed by atoms with Crippen LogP contribution in [0.2, 0.25) is 0 Å². The first-order valence-electron chi connectivity index (χ1n) is 6.53. The van der Waals surface area contributed by atoms with Crippen LogP contribution >= 0.6 is 11.8 Å². The molecule has 0 radical (unpaired) electrons. The van der Waals surface area contributed by atoms with Gasteiger partial charge >= 0.3 is 0 Å². The summed E-state index contributed by atoms with van der Waals surface area (Å²) in [6.07, 6.45) is 0. The van der Waals surface area contributed by atoms with Crippen LogP contribution in [0.5, 0.6) is 5.75 Å². The van der Waals surface area contributed by atoms with Gasteiger partial charge < -0.3 is 4.74 Å². The summed E-state index contributed by atoms with van der Waals surface area (Å²) in [7, 11) is -2.26. The van der Waals surface area contributed by atoms with E-state index in [1.165, 1.54) is 17.8 Å². The lowest BCUT2D eigenvalue weighted by Crippen LogP contribution is -2.12. The summed E-state index contributed by atoms with van der Waals surface area (Å²) in [5, 5.41) is 12.6. The Morgan fingerprint density at radius 3 is 2.48 bits per heavy atom. The van der Waals surface area contributed by atoms with E-state index in [9.17, 15) is 8.42 Å². The van der Waals surface area contributed by atoms with Gasteiger partial charge in [0.1, 0.15) is 16.2 Å². The SMILES string of the molecule is COc1ccc(CSc2ccc(S(N)(=O)=O)c3nonc23)cc1. The minimum absolute atomic E-state index is 0.0949. The van der Waals surface area contributed by atoms with Gasteiger partial charge in [-0.1, -0.05) is 12.1 Å². The Morgan fingerprint density at radius 2 is 1.83 bits per heavy atom. The number of nitrogens with two attached hydrogens (primary N) is 1. The molecule has 9 heteroatoms. The molecule has 0 aliphatic heterocycles. The Bertz CT molecular complexity index is 936. The van der Waals surface area contributed by atoms with Crippen molar-refractivity contribution in [1.82, 2.24) is 10.3 Å². The van der Waals surface area contributed by atoms with Crippen LogP contribution in [-0.2, 0) is 15.8 Å². The zero-order valence-electron chi connectivity index (χ0n) is 12.1. The summed E-state index contributed by atoms with van der Waals surface area (Å²) >= 11 is 1.50. The largest absolute Gasteiger partial charge is 0.497 e. The molecule has 0 fully saturated rings. The summed E-state index contributed by atoms with van der Waals surface area (Å²) in [6.45, 7) is 0. The van der Waals surface area contributed by atoms with Crippen molar-refractivity contribution in [3.8, 4) is 5.75 Å². The number of aromatic nitrogens is 2. The molecule has 0 bridgehead atoms. The van der Waals surface area contributed by atoms with E-state index in [4.69, 9.17) is 9.88 Å². The number of fused-ring (bicyclic) bond motifs is 1. The van der Waals surface area contributed by atoms with Gasteiger partial charge in [0, 0.05) is 10.6 Å². The summed E-state index contributed by atoms with van der Waals surface area (Å²) in [5.74, 6) is 1.47. The number of methoxy groups -OCH3 is 1. The molecule has 0 amide bonds. The first-order valence-corrected chi connectivity index (χ1v) is 9.06. The summed E-state index contributed by atoms with van der Waals surface area (Å²) in [5.41, 5.74) is 1.62. The monoisotopic (exact) mass is 351 g/mol. The van der Waals surface area contributed by atoms with Gasteiger partial charge in [-0.25, -0.2) is 18.2 Å². The van der Waals surface area contributed by atoms with Crippen molar-refractivity contribution < 1.29 is 17.8 Å². The number of hydrogen-bond acceptors (Lipinski definition) is 7. The smallest absolute Gasteiger partial charge is 0.240 e. The molecule has 0 atom stereocenters. The summed E-state index contributed by atoms with van der Waals surface area (Å²) in [4.78, 5) is 0.673. The molecule has 2 aromatic carbocycles. The Labute approximate surface area is 136 Å². The van der Waals surface area contributed by atoms with Gasteiger partial charge in [-0.2, -0.15) is 0 Å². The average Bonchev–Trinajstić information content (AvgIpc) is 3.01. The third-order valence-electron chi connectivity index (χ3n) is 3.20. The number of nitrogens with zero attached hydrogens (tertiary/aromatic N) is 2. The van der Waals surface area contributed by atoms with Crippen molar-refractivity contribution in [2.75, 3.05) is 7.11 Å². The van der Waals surface area contributed by atoms with Gasteiger partial charge in [0.25, 0.3) is 0 Å². The van der Waals surface area contributed by atoms with Crippen molar-refractivity contribution in [3.05, 3.63) is 42.0 Å². The molecule has 7 nitrogen and oxygen atoms in total. The molecule has 3 rings (SSSR count). The van der Waals surface area contributed by atoms with Gasteiger partial charge in [0.2, 0.25) is 10.0 Å². The van der Waals surface area contributed by atoms with E-state index in [1.807, 2.05) is 24.3 Å². The number of benzene rings is 2. The van der Waals surface area contributed by atoms with Crippen molar-refractivity contribution in [1.29, 1.82) is 0 Å². The normalized spacial score (nSPS) is 11.7. The molecule has 0 aliphatic rings. The molecule has 1 heterocycles.